The molecule has 0 spiro atoms. The molecule has 1 N–H and O–H groups in total. The van der Waals surface area contributed by atoms with Gasteiger partial charge in [0.2, 0.25) is 0 Å². The molecule has 31 heavy (non-hydrogen) atoms. The molecule has 0 aliphatic heterocycles. The summed E-state index contributed by atoms with van der Waals surface area (Å²) in [5, 5.41) is 9.68. The topological polar surface area (TPSA) is 79.7 Å². The number of pyridine rings is 1. The predicted molar refractivity (Wildman–Crippen MR) is 117 cm³/mol. The maximum atomic E-state index is 12.7. The lowest BCUT2D eigenvalue weighted by Crippen LogP contribution is -2.44. The van der Waals surface area contributed by atoms with Gasteiger partial charge in [0.25, 0.3) is 0 Å². The Balaban J connectivity index is 1.47. The molecular weight excluding hydrogens is 392 g/mol. The fourth-order valence-corrected chi connectivity index (χ4v) is 4.06. The zero-order chi connectivity index (χ0) is 22.0. The molecule has 0 bridgehead atoms. The van der Waals surface area contributed by atoms with Gasteiger partial charge in [-0.3, -0.25) is 9.88 Å². The first-order valence-electron chi connectivity index (χ1n) is 10.2. The number of carboxylic acid groups (broad SMARTS) is 1. The van der Waals surface area contributed by atoms with Crippen molar-refractivity contribution in [2.75, 3.05) is 13.7 Å². The molecule has 0 fully saturated rings. The molecule has 1 atom stereocenters. The average molecular weight is 416 g/mol. The van der Waals surface area contributed by atoms with Crippen LogP contribution in [0.25, 0.3) is 11.1 Å². The van der Waals surface area contributed by atoms with E-state index >= 15 is 0 Å². The van der Waals surface area contributed by atoms with Gasteiger partial charge in [-0.2, -0.15) is 0 Å². The Bertz CT molecular complexity index is 1070. The molecule has 0 saturated heterocycles. The minimum atomic E-state index is -1.09. The van der Waals surface area contributed by atoms with Gasteiger partial charge >= 0.3 is 12.1 Å². The minimum Gasteiger partial charge on any atom is -0.480 e. The van der Waals surface area contributed by atoms with Crippen LogP contribution in [0.3, 0.4) is 0 Å². The van der Waals surface area contributed by atoms with Crippen molar-refractivity contribution < 1.29 is 19.4 Å². The number of benzene rings is 2. The van der Waals surface area contributed by atoms with Crippen molar-refractivity contribution in [2.24, 2.45) is 0 Å². The minimum absolute atomic E-state index is 0.0747. The Morgan fingerprint density at radius 1 is 1.03 bits per heavy atom. The van der Waals surface area contributed by atoms with Crippen molar-refractivity contribution in [2.45, 2.75) is 25.3 Å². The number of aryl methyl sites for hydroxylation is 1. The third-order valence-corrected chi connectivity index (χ3v) is 5.78. The largest absolute Gasteiger partial charge is 0.480 e. The summed E-state index contributed by atoms with van der Waals surface area (Å²) < 4.78 is 5.60. The van der Waals surface area contributed by atoms with E-state index in [4.69, 9.17) is 4.74 Å². The molecule has 1 aliphatic carbocycles. The zero-order valence-corrected chi connectivity index (χ0v) is 17.5. The van der Waals surface area contributed by atoms with E-state index in [9.17, 15) is 14.7 Å². The number of carbonyl (C=O) groups is 2. The molecule has 1 heterocycles. The van der Waals surface area contributed by atoms with Gasteiger partial charge in [-0.15, -0.1) is 0 Å². The summed E-state index contributed by atoms with van der Waals surface area (Å²) in [6.45, 7) is 2.01. The van der Waals surface area contributed by atoms with E-state index < -0.39 is 18.1 Å². The molecule has 0 radical (unpaired) electrons. The zero-order valence-electron chi connectivity index (χ0n) is 17.5. The number of fused-ring (bicyclic) bond motifs is 3. The number of aliphatic carboxylic acids is 1. The van der Waals surface area contributed by atoms with Gasteiger partial charge in [-0.1, -0.05) is 54.6 Å². The van der Waals surface area contributed by atoms with Crippen molar-refractivity contribution in [3.05, 3.63) is 89.2 Å². The Hall–Kier alpha value is -3.67. The van der Waals surface area contributed by atoms with Crippen molar-refractivity contribution >= 4 is 12.1 Å². The summed E-state index contributed by atoms with van der Waals surface area (Å²) >= 11 is 0. The molecule has 0 saturated carbocycles. The van der Waals surface area contributed by atoms with Gasteiger partial charge in [-0.05, 0) is 40.8 Å². The van der Waals surface area contributed by atoms with E-state index in [0.29, 0.717) is 0 Å². The fourth-order valence-electron chi connectivity index (χ4n) is 4.06. The van der Waals surface area contributed by atoms with E-state index in [0.717, 1.165) is 38.4 Å². The van der Waals surface area contributed by atoms with Gasteiger partial charge in [0, 0.05) is 31.3 Å². The lowest BCUT2D eigenvalue weighted by molar-refractivity contribution is -0.142. The Labute approximate surface area is 181 Å². The first kappa shape index (κ1) is 20.6. The number of amides is 1. The summed E-state index contributed by atoms with van der Waals surface area (Å²) in [6, 6.07) is 18.8. The third kappa shape index (κ3) is 4.14. The molecule has 2 aromatic carbocycles. The number of hydrogen-bond donors (Lipinski definition) is 1. The van der Waals surface area contributed by atoms with Crippen LogP contribution in [-0.4, -0.2) is 46.7 Å². The molecule has 4 rings (SSSR count). The van der Waals surface area contributed by atoms with E-state index in [1.165, 1.54) is 7.05 Å². The van der Waals surface area contributed by atoms with Crippen LogP contribution in [0.1, 0.15) is 28.3 Å². The van der Waals surface area contributed by atoms with Crippen LogP contribution in [0.5, 0.6) is 0 Å². The number of likely N-dealkylation sites (N-methyl/N-ethyl adjacent to an activating group) is 1. The number of carbonyl (C=O) groups excluding carboxylic acids is 1. The number of carboxylic acids is 1. The second-order valence-electron chi connectivity index (χ2n) is 7.78. The van der Waals surface area contributed by atoms with Crippen LogP contribution in [0, 0.1) is 6.92 Å². The molecule has 158 valence electrons. The van der Waals surface area contributed by atoms with Gasteiger partial charge < -0.3 is 9.84 Å². The number of aromatic nitrogens is 1. The number of hydrogen-bond acceptors (Lipinski definition) is 4. The first-order chi connectivity index (χ1) is 15.0. The van der Waals surface area contributed by atoms with E-state index in [1.807, 2.05) is 55.5 Å². The van der Waals surface area contributed by atoms with Crippen molar-refractivity contribution in [1.29, 1.82) is 0 Å². The molecule has 6 heteroatoms. The summed E-state index contributed by atoms with van der Waals surface area (Å²) in [4.78, 5) is 29.9. The highest BCUT2D eigenvalue weighted by atomic mass is 16.6. The first-order valence-corrected chi connectivity index (χ1v) is 10.2. The van der Waals surface area contributed by atoms with Crippen LogP contribution < -0.4 is 0 Å². The molecule has 1 aromatic heterocycles. The fraction of sp³-hybridized carbons (Fsp3) is 0.240. The highest BCUT2D eigenvalue weighted by molar-refractivity contribution is 5.81. The Morgan fingerprint density at radius 2 is 1.65 bits per heavy atom. The second-order valence-corrected chi connectivity index (χ2v) is 7.78. The molecule has 1 aliphatic rings. The lowest BCUT2D eigenvalue weighted by Gasteiger charge is -2.25. The van der Waals surface area contributed by atoms with Crippen LogP contribution in [0.4, 0.5) is 4.79 Å². The number of nitrogens with zero attached hydrogens (tertiary/aromatic N) is 2. The predicted octanol–water partition coefficient (Wildman–Crippen LogP) is 4.27. The number of ether oxygens (including phenoxy) is 1. The molecule has 6 nitrogen and oxygen atoms in total. The van der Waals surface area contributed by atoms with E-state index in [2.05, 4.69) is 17.1 Å². The lowest BCUT2D eigenvalue weighted by atomic mass is 9.98. The summed E-state index contributed by atoms with van der Waals surface area (Å²) in [6.07, 6.45) is 1.13. The maximum absolute atomic E-state index is 12.7. The van der Waals surface area contributed by atoms with Crippen molar-refractivity contribution in [3.63, 3.8) is 0 Å². The summed E-state index contributed by atoms with van der Waals surface area (Å²) in [5.41, 5.74) is 6.10. The van der Waals surface area contributed by atoms with E-state index in [1.54, 1.807) is 6.20 Å². The normalized spacial score (nSPS) is 13.2. The van der Waals surface area contributed by atoms with Gasteiger partial charge in [-0.25, -0.2) is 9.59 Å². The van der Waals surface area contributed by atoms with Crippen LogP contribution in [0.15, 0.2) is 66.9 Å². The van der Waals surface area contributed by atoms with Crippen molar-refractivity contribution in [3.8, 4) is 11.1 Å². The summed E-state index contributed by atoms with van der Waals surface area (Å²) in [5.74, 6) is -1.16. The Kier molecular flexibility index (Phi) is 5.71. The molecular formula is C25H24N2O4. The van der Waals surface area contributed by atoms with Crippen LogP contribution in [-0.2, 0) is 16.0 Å². The van der Waals surface area contributed by atoms with Crippen LogP contribution >= 0.6 is 0 Å². The molecule has 1 amide bonds. The Morgan fingerprint density at radius 3 is 2.19 bits per heavy atom. The van der Waals surface area contributed by atoms with Crippen LogP contribution in [0.2, 0.25) is 0 Å². The molecule has 3 aromatic rings. The van der Waals surface area contributed by atoms with Gasteiger partial charge in [0.15, 0.2) is 0 Å². The average Bonchev–Trinajstić information content (AvgIpc) is 3.10. The highest BCUT2D eigenvalue weighted by Gasteiger charge is 2.32. The number of rotatable bonds is 6. The van der Waals surface area contributed by atoms with E-state index in [-0.39, 0.29) is 18.9 Å². The second kappa shape index (κ2) is 8.60. The third-order valence-electron chi connectivity index (χ3n) is 5.78. The SMILES string of the molecule is Cc1ccc(CC(C(=O)O)N(C)C(=O)OCC2c3ccccc3-c3ccccc32)cn1. The van der Waals surface area contributed by atoms with Crippen molar-refractivity contribution in [1.82, 2.24) is 9.88 Å². The molecule has 1 unspecified atom stereocenters. The quantitative estimate of drug-likeness (QED) is 0.649. The smallest absolute Gasteiger partial charge is 0.410 e. The standard InChI is InChI=1S/C25H24N2O4/c1-16-11-12-17(14-26-16)13-23(24(28)29)27(2)25(30)31-15-22-20-9-5-3-7-18(20)19-8-4-6-10-21(19)22/h3-12,14,22-23H,13,15H2,1-2H3,(H,28,29). The monoisotopic (exact) mass is 416 g/mol. The highest BCUT2D eigenvalue weighted by Crippen LogP contribution is 2.44. The van der Waals surface area contributed by atoms with Gasteiger partial charge in [0.1, 0.15) is 12.6 Å². The summed E-state index contributed by atoms with van der Waals surface area (Å²) in [7, 11) is 1.46. The van der Waals surface area contributed by atoms with Gasteiger partial charge in [0.05, 0.1) is 0 Å². The maximum Gasteiger partial charge on any atom is 0.410 e.